The summed E-state index contributed by atoms with van der Waals surface area (Å²) in [5, 5.41) is 0. The van der Waals surface area contributed by atoms with E-state index in [4.69, 9.17) is 12.6 Å². The van der Waals surface area contributed by atoms with Crippen LogP contribution in [0.25, 0.3) is 0 Å². The van der Waals surface area contributed by atoms with Crippen LogP contribution < -0.4 is 0 Å². The smallest absolute Gasteiger partial charge is 0.118 e. The minimum Gasteiger partial charge on any atom is -0.373 e. The Morgan fingerprint density at radius 2 is 2.56 bits per heavy atom. The van der Waals surface area contributed by atoms with Crippen LogP contribution in [0.1, 0.15) is 0 Å². The zero-order chi connectivity index (χ0) is 6.85. The van der Waals surface area contributed by atoms with Crippen molar-refractivity contribution in [2.24, 2.45) is 0 Å². The van der Waals surface area contributed by atoms with Crippen molar-refractivity contribution in [1.82, 2.24) is 0 Å². The highest BCUT2D eigenvalue weighted by Gasteiger charge is 2.21. The van der Waals surface area contributed by atoms with E-state index in [0.29, 0.717) is 0 Å². The number of rotatable bonds is 1. The SMILES string of the molecule is [B]C1OC(CI)C=C1F. The predicted octanol–water partition coefficient (Wildman–Crippen LogP) is 1.17. The van der Waals surface area contributed by atoms with E-state index in [1.165, 1.54) is 6.08 Å². The van der Waals surface area contributed by atoms with E-state index in [1.807, 2.05) is 0 Å². The molecule has 0 aromatic carbocycles. The first-order chi connectivity index (χ1) is 4.24. The van der Waals surface area contributed by atoms with Gasteiger partial charge in [0.15, 0.2) is 0 Å². The number of hydrogen-bond donors (Lipinski definition) is 0. The molecule has 1 heterocycles. The van der Waals surface area contributed by atoms with Gasteiger partial charge in [-0.1, -0.05) is 22.6 Å². The lowest BCUT2D eigenvalue weighted by Gasteiger charge is -2.06. The van der Waals surface area contributed by atoms with Gasteiger partial charge in [-0.05, 0) is 6.08 Å². The first kappa shape index (κ1) is 7.53. The fraction of sp³-hybridized carbons (Fsp3) is 0.600. The second kappa shape index (κ2) is 3.01. The number of ether oxygens (including phenoxy) is 1. The van der Waals surface area contributed by atoms with E-state index in [9.17, 15) is 4.39 Å². The van der Waals surface area contributed by atoms with Gasteiger partial charge >= 0.3 is 0 Å². The molecule has 2 atom stereocenters. The molecule has 1 aliphatic heterocycles. The van der Waals surface area contributed by atoms with Gasteiger partial charge in [-0.3, -0.25) is 0 Å². The summed E-state index contributed by atoms with van der Waals surface area (Å²) in [6.45, 7) is 0. The maximum atomic E-state index is 12.4. The van der Waals surface area contributed by atoms with Gasteiger partial charge in [0.25, 0.3) is 0 Å². The summed E-state index contributed by atoms with van der Waals surface area (Å²) in [6, 6.07) is -0.815. The Morgan fingerprint density at radius 1 is 1.89 bits per heavy atom. The molecule has 0 spiro atoms. The molecule has 0 fully saturated rings. The lowest BCUT2D eigenvalue weighted by molar-refractivity contribution is 0.111. The van der Waals surface area contributed by atoms with Gasteiger partial charge in [-0.15, -0.1) is 0 Å². The van der Waals surface area contributed by atoms with Crippen LogP contribution in [0.5, 0.6) is 0 Å². The third-order valence-corrected chi connectivity index (χ3v) is 1.96. The van der Waals surface area contributed by atoms with Crippen molar-refractivity contribution in [3.63, 3.8) is 0 Å². The largest absolute Gasteiger partial charge is 0.373 e. The summed E-state index contributed by atoms with van der Waals surface area (Å²) < 4.78 is 18.0. The van der Waals surface area contributed by atoms with Gasteiger partial charge in [0.2, 0.25) is 0 Å². The summed E-state index contributed by atoms with van der Waals surface area (Å²) in [7, 11) is 5.18. The molecule has 0 aliphatic carbocycles. The molecule has 0 amide bonds. The third-order valence-electron chi connectivity index (χ3n) is 1.09. The Hall–Kier alpha value is 0.425. The van der Waals surface area contributed by atoms with Crippen molar-refractivity contribution in [3.05, 3.63) is 11.9 Å². The summed E-state index contributed by atoms with van der Waals surface area (Å²) >= 11 is 2.12. The topological polar surface area (TPSA) is 9.23 Å². The molecule has 0 saturated carbocycles. The van der Waals surface area contributed by atoms with E-state index < -0.39 is 6.00 Å². The molecule has 0 aromatic rings. The molecule has 4 heteroatoms. The molecule has 0 saturated heterocycles. The number of alkyl halides is 1. The monoisotopic (exact) mass is 238 g/mol. The molecular weight excluding hydrogens is 233 g/mol. The third kappa shape index (κ3) is 1.67. The quantitative estimate of drug-likeness (QED) is 0.378. The van der Waals surface area contributed by atoms with Crippen LogP contribution in [-0.4, -0.2) is 24.4 Å². The molecule has 2 radical (unpaired) electrons. The van der Waals surface area contributed by atoms with Crippen molar-refractivity contribution in [1.29, 1.82) is 0 Å². The fourth-order valence-electron chi connectivity index (χ4n) is 0.646. The van der Waals surface area contributed by atoms with Gasteiger partial charge in [-0.25, -0.2) is 4.39 Å². The van der Waals surface area contributed by atoms with Crippen molar-refractivity contribution in [2.45, 2.75) is 12.1 Å². The summed E-state index contributed by atoms with van der Waals surface area (Å²) in [5.74, 6) is -0.350. The van der Waals surface area contributed by atoms with E-state index in [0.717, 1.165) is 4.43 Å². The van der Waals surface area contributed by atoms with Crippen LogP contribution in [0.15, 0.2) is 11.9 Å². The van der Waals surface area contributed by atoms with Crippen LogP contribution >= 0.6 is 22.6 Å². The van der Waals surface area contributed by atoms with E-state index in [1.54, 1.807) is 0 Å². The Balaban J connectivity index is 2.52. The molecular formula is C5H5BFIO. The summed E-state index contributed by atoms with van der Waals surface area (Å²) in [4.78, 5) is 0. The molecule has 0 N–H and O–H groups in total. The van der Waals surface area contributed by atoms with Gasteiger partial charge in [0, 0.05) is 4.43 Å². The Kier molecular flexibility index (Phi) is 2.52. The standard InChI is InChI=1S/C5H5BFIO/c6-5-4(7)1-3(2-8)9-5/h1,3,5H,2H2. The summed E-state index contributed by atoms with van der Waals surface area (Å²) in [5.41, 5.74) is 0. The number of hydrogen-bond acceptors (Lipinski definition) is 1. The van der Waals surface area contributed by atoms with Crippen LogP contribution in [0, 0.1) is 0 Å². The summed E-state index contributed by atoms with van der Waals surface area (Å²) in [6.07, 6.45) is 1.29. The highest BCUT2D eigenvalue weighted by molar-refractivity contribution is 14.1. The van der Waals surface area contributed by atoms with Crippen LogP contribution in [-0.2, 0) is 4.74 Å². The van der Waals surface area contributed by atoms with Crippen molar-refractivity contribution >= 4 is 30.4 Å². The van der Waals surface area contributed by atoms with Gasteiger partial charge in [0.05, 0.1) is 12.1 Å². The lowest BCUT2D eigenvalue weighted by atomic mass is 10.0. The van der Waals surface area contributed by atoms with Gasteiger partial charge < -0.3 is 4.74 Å². The van der Waals surface area contributed by atoms with E-state index in [-0.39, 0.29) is 11.9 Å². The molecule has 1 aliphatic rings. The van der Waals surface area contributed by atoms with Crippen LogP contribution in [0.3, 0.4) is 0 Å². The molecule has 1 nitrogen and oxygen atoms in total. The van der Waals surface area contributed by atoms with E-state index in [2.05, 4.69) is 22.6 Å². The zero-order valence-corrected chi connectivity index (χ0v) is 6.84. The minimum atomic E-state index is -0.815. The normalized spacial score (nSPS) is 34.7. The molecule has 0 bridgehead atoms. The Morgan fingerprint density at radius 3 is 2.78 bits per heavy atom. The molecule has 0 aromatic heterocycles. The molecule has 2 unspecified atom stereocenters. The average Bonchev–Trinajstić information content (AvgIpc) is 2.13. The lowest BCUT2D eigenvalue weighted by Crippen LogP contribution is -2.13. The minimum absolute atomic E-state index is 0.124. The fourth-order valence-corrected chi connectivity index (χ4v) is 1.11. The Bertz CT molecular complexity index is 139. The molecule has 48 valence electrons. The van der Waals surface area contributed by atoms with Gasteiger partial charge in [-0.2, -0.15) is 0 Å². The first-order valence-corrected chi connectivity index (χ1v) is 4.11. The van der Waals surface area contributed by atoms with Crippen LogP contribution in [0.2, 0.25) is 0 Å². The average molecular weight is 238 g/mol. The van der Waals surface area contributed by atoms with E-state index >= 15 is 0 Å². The second-order valence-electron chi connectivity index (χ2n) is 1.80. The maximum Gasteiger partial charge on any atom is 0.118 e. The first-order valence-electron chi connectivity index (χ1n) is 2.58. The Labute approximate surface area is 68.2 Å². The number of halogens is 2. The maximum absolute atomic E-state index is 12.4. The van der Waals surface area contributed by atoms with Gasteiger partial charge in [0.1, 0.15) is 13.7 Å². The van der Waals surface area contributed by atoms with Crippen molar-refractivity contribution in [2.75, 3.05) is 4.43 Å². The predicted molar refractivity (Wildman–Crippen MR) is 42.5 cm³/mol. The molecule has 1 rings (SSSR count). The van der Waals surface area contributed by atoms with Crippen molar-refractivity contribution in [3.8, 4) is 0 Å². The zero-order valence-electron chi connectivity index (χ0n) is 4.68. The second-order valence-corrected chi connectivity index (χ2v) is 2.68. The van der Waals surface area contributed by atoms with Crippen LogP contribution in [0.4, 0.5) is 4.39 Å². The molecule has 9 heavy (non-hydrogen) atoms. The highest BCUT2D eigenvalue weighted by Crippen LogP contribution is 2.19. The van der Waals surface area contributed by atoms with Crippen molar-refractivity contribution < 1.29 is 9.13 Å². The highest BCUT2D eigenvalue weighted by atomic mass is 127.